The summed E-state index contributed by atoms with van der Waals surface area (Å²) in [4.78, 5) is 32.2. The zero-order valence-electron chi connectivity index (χ0n) is 17.7. The van der Waals surface area contributed by atoms with Crippen LogP contribution in [0.3, 0.4) is 0 Å². The maximum absolute atomic E-state index is 13.4. The predicted molar refractivity (Wildman–Crippen MR) is 115 cm³/mol. The van der Waals surface area contributed by atoms with Crippen molar-refractivity contribution in [2.75, 3.05) is 12.4 Å². The van der Waals surface area contributed by atoms with Gasteiger partial charge in [0.1, 0.15) is 30.1 Å². The molecule has 9 heteroatoms. The number of hydrogen-bond acceptors (Lipinski definition) is 7. The van der Waals surface area contributed by atoms with Crippen molar-refractivity contribution in [3.63, 3.8) is 0 Å². The second-order valence-electron chi connectivity index (χ2n) is 8.27. The van der Waals surface area contributed by atoms with Gasteiger partial charge in [-0.1, -0.05) is 0 Å². The smallest absolute Gasteiger partial charge is 0.258 e. The predicted octanol–water partition coefficient (Wildman–Crippen LogP) is 3.35. The first-order valence-electron chi connectivity index (χ1n) is 10.1. The van der Waals surface area contributed by atoms with Crippen LogP contribution in [0.4, 0.5) is 5.82 Å². The van der Waals surface area contributed by atoms with Gasteiger partial charge in [0.25, 0.3) is 5.91 Å². The number of furan rings is 1. The lowest BCUT2D eigenvalue weighted by atomic mass is 10.1. The van der Waals surface area contributed by atoms with Crippen LogP contribution in [0.25, 0.3) is 16.9 Å². The Morgan fingerprint density at radius 1 is 1.29 bits per heavy atom. The molecule has 0 bridgehead atoms. The van der Waals surface area contributed by atoms with Crippen LogP contribution in [0.2, 0.25) is 0 Å². The number of imidazole rings is 1. The minimum absolute atomic E-state index is 0.0133. The van der Waals surface area contributed by atoms with Crippen molar-refractivity contribution in [3.8, 4) is 5.82 Å². The van der Waals surface area contributed by atoms with E-state index in [1.54, 1.807) is 37.6 Å². The van der Waals surface area contributed by atoms with Crippen LogP contribution in [0.1, 0.15) is 41.4 Å². The van der Waals surface area contributed by atoms with Crippen molar-refractivity contribution >= 4 is 22.8 Å². The third kappa shape index (κ3) is 3.63. The van der Waals surface area contributed by atoms with E-state index in [1.807, 2.05) is 22.9 Å². The number of nitrogens with one attached hydrogen (secondary N) is 1. The highest BCUT2D eigenvalue weighted by molar-refractivity contribution is 6.10. The molecule has 0 spiro atoms. The molecule has 31 heavy (non-hydrogen) atoms. The minimum Gasteiger partial charge on any atom is -0.442 e. The molecule has 4 aromatic heterocycles. The van der Waals surface area contributed by atoms with Crippen LogP contribution in [0.5, 0.6) is 0 Å². The summed E-state index contributed by atoms with van der Waals surface area (Å²) in [5.74, 6) is 1.78. The number of carbonyl (C=O) groups excluding carboxylic acids is 1. The maximum Gasteiger partial charge on any atom is 0.258 e. The van der Waals surface area contributed by atoms with E-state index < -0.39 is 0 Å². The SMILES string of the molecule is Cc1oc2ncnc(NC3(C)CC3)c2c1C(=O)N(C)Cc1ccnc(-n2ccnc2)c1. The Morgan fingerprint density at radius 2 is 2.13 bits per heavy atom. The Hall–Kier alpha value is -3.75. The molecule has 4 heterocycles. The first-order chi connectivity index (χ1) is 14.9. The van der Waals surface area contributed by atoms with Gasteiger partial charge in [0, 0.05) is 37.7 Å². The Morgan fingerprint density at radius 3 is 2.87 bits per heavy atom. The van der Waals surface area contributed by atoms with Gasteiger partial charge in [-0.05, 0) is 44.4 Å². The second-order valence-corrected chi connectivity index (χ2v) is 8.27. The van der Waals surface area contributed by atoms with Crippen molar-refractivity contribution in [3.05, 3.63) is 60.3 Å². The topological polar surface area (TPSA) is 102 Å². The summed E-state index contributed by atoms with van der Waals surface area (Å²) in [5, 5.41) is 4.09. The van der Waals surface area contributed by atoms with Crippen LogP contribution in [0, 0.1) is 6.92 Å². The van der Waals surface area contributed by atoms with Gasteiger partial charge in [-0.15, -0.1) is 0 Å². The normalized spacial score (nSPS) is 14.5. The number of amides is 1. The molecule has 4 aromatic rings. The number of pyridine rings is 1. The maximum atomic E-state index is 13.4. The van der Waals surface area contributed by atoms with Crippen molar-refractivity contribution in [1.82, 2.24) is 29.4 Å². The zero-order chi connectivity index (χ0) is 21.6. The fraction of sp³-hybridized carbons (Fsp3) is 0.318. The number of nitrogens with zero attached hydrogens (tertiary/aromatic N) is 6. The molecule has 1 aliphatic carbocycles. The van der Waals surface area contributed by atoms with E-state index in [0.717, 1.165) is 24.2 Å². The molecule has 0 atom stereocenters. The number of aryl methyl sites for hydroxylation is 1. The summed E-state index contributed by atoms with van der Waals surface area (Å²) in [6.07, 6.45) is 10.6. The van der Waals surface area contributed by atoms with E-state index in [0.29, 0.717) is 34.8 Å². The summed E-state index contributed by atoms with van der Waals surface area (Å²) in [6.45, 7) is 4.35. The molecule has 0 saturated heterocycles. The average molecular weight is 417 g/mol. The quantitative estimate of drug-likeness (QED) is 0.513. The highest BCUT2D eigenvalue weighted by Crippen LogP contribution is 2.40. The van der Waals surface area contributed by atoms with Crippen LogP contribution >= 0.6 is 0 Å². The Bertz CT molecular complexity index is 1260. The molecule has 5 rings (SSSR count). The van der Waals surface area contributed by atoms with E-state index in [9.17, 15) is 4.79 Å². The Labute approximate surface area is 179 Å². The number of fused-ring (bicyclic) bond motifs is 1. The highest BCUT2D eigenvalue weighted by atomic mass is 16.3. The van der Waals surface area contributed by atoms with Crippen molar-refractivity contribution < 1.29 is 9.21 Å². The van der Waals surface area contributed by atoms with Gasteiger partial charge in [-0.3, -0.25) is 9.36 Å². The fourth-order valence-corrected chi connectivity index (χ4v) is 3.63. The molecule has 0 unspecified atom stereocenters. The lowest BCUT2D eigenvalue weighted by Gasteiger charge is -2.18. The first-order valence-corrected chi connectivity index (χ1v) is 10.1. The molecule has 0 aliphatic heterocycles. The molecule has 1 N–H and O–H groups in total. The van der Waals surface area contributed by atoms with E-state index in [2.05, 4.69) is 32.2 Å². The largest absolute Gasteiger partial charge is 0.442 e. The van der Waals surface area contributed by atoms with Gasteiger partial charge in [0.15, 0.2) is 0 Å². The molecule has 1 fully saturated rings. The lowest BCUT2D eigenvalue weighted by molar-refractivity contribution is 0.0785. The van der Waals surface area contributed by atoms with Crippen LogP contribution in [0.15, 0.2) is 47.8 Å². The number of rotatable bonds is 6. The molecule has 0 radical (unpaired) electrons. The van der Waals surface area contributed by atoms with Gasteiger partial charge in [0.2, 0.25) is 5.71 Å². The number of carbonyl (C=O) groups is 1. The van der Waals surface area contributed by atoms with Gasteiger partial charge >= 0.3 is 0 Å². The van der Waals surface area contributed by atoms with E-state index in [1.165, 1.54) is 6.33 Å². The summed E-state index contributed by atoms with van der Waals surface area (Å²) in [5.41, 5.74) is 1.88. The highest BCUT2D eigenvalue weighted by Gasteiger charge is 2.38. The van der Waals surface area contributed by atoms with Crippen molar-refractivity contribution in [1.29, 1.82) is 0 Å². The van der Waals surface area contributed by atoms with Crippen LogP contribution < -0.4 is 5.32 Å². The van der Waals surface area contributed by atoms with Crippen LogP contribution in [-0.2, 0) is 6.54 Å². The molecule has 1 aliphatic rings. The summed E-state index contributed by atoms with van der Waals surface area (Å²) in [6, 6.07) is 3.84. The van der Waals surface area contributed by atoms with Crippen molar-refractivity contribution in [2.24, 2.45) is 0 Å². The Kier molecular flexibility index (Phi) is 4.46. The zero-order valence-corrected chi connectivity index (χ0v) is 17.7. The molecular formula is C22H23N7O2. The summed E-state index contributed by atoms with van der Waals surface area (Å²) >= 11 is 0. The van der Waals surface area contributed by atoms with Gasteiger partial charge in [-0.2, -0.15) is 0 Å². The molecule has 158 valence electrons. The van der Waals surface area contributed by atoms with E-state index >= 15 is 0 Å². The molecule has 1 saturated carbocycles. The number of hydrogen-bond donors (Lipinski definition) is 1. The summed E-state index contributed by atoms with van der Waals surface area (Å²) < 4.78 is 7.63. The minimum atomic E-state index is -0.143. The van der Waals surface area contributed by atoms with Gasteiger partial charge in [-0.25, -0.2) is 19.9 Å². The second kappa shape index (κ2) is 7.19. The van der Waals surface area contributed by atoms with Gasteiger partial charge in [0.05, 0.1) is 10.9 Å². The average Bonchev–Trinajstić information content (AvgIpc) is 3.15. The number of aromatic nitrogens is 5. The first kappa shape index (κ1) is 19.2. The van der Waals surface area contributed by atoms with Crippen molar-refractivity contribution in [2.45, 2.75) is 38.8 Å². The van der Waals surface area contributed by atoms with E-state index in [-0.39, 0.29) is 11.4 Å². The molecular weight excluding hydrogens is 394 g/mol. The standard InChI is InChI=1S/C22H23N7O2/c1-14-17(18-19(27-22(2)5-6-22)25-12-26-20(18)31-14)21(30)28(3)11-15-4-7-24-16(10-15)29-9-8-23-13-29/h4,7-10,12-13H,5-6,11H2,1-3H3,(H,25,26,27). The van der Waals surface area contributed by atoms with Crippen LogP contribution in [-0.4, -0.2) is 47.9 Å². The molecule has 0 aromatic carbocycles. The summed E-state index contributed by atoms with van der Waals surface area (Å²) in [7, 11) is 1.77. The Balaban J connectivity index is 1.45. The number of anilines is 1. The third-order valence-corrected chi connectivity index (χ3v) is 5.64. The third-order valence-electron chi connectivity index (χ3n) is 5.64. The van der Waals surface area contributed by atoms with E-state index in [4.69, 9.17) is 4.42 Å². The monoisotopic (exact) mass is 417 g/mol. The molecule has 9 nitrogen and oxygen atoms in total. The molecule has 1 amide bonds. The van der Waals surface area contributed by atoms with Gasteiger partial charge < -0.3 is 14.6 Å². The fourth-order valence-electron chi connectivity index (χ4n) is 3.63. The lowest BCUT2D eigenvalue weighted by Crippen LogP contribution is -2.27.